The van der Waals surface area contributed by atoms with Gasteiger partial charge in [0.25, 0.3) is 5.91 Å². The molecule has 1 aliphatic heterocycles. The van der Waals surface area contributed by atoms with E-state index < -0.39 is 5.54 Å². The molecule has 0 spiro atoms. The summed E-state index contributed by atoms with van der Waals surface area (Å²) in [7, 11) is 0. The summed E-state index contributed by atoms with van der Waals surface area (Å²) in [6, 6.07) is 0. The number of nitrogens with zero attached hydrogens (tertiary/aromatic N) is 1. The fourth-order valence-electron chi connectivity index (χ4n) is 3.29. The van der Waals surface area contributed by atoms with Crippen molar-refractivity contribution in [1.82, 2.24) is 5.06 Å². The van der Waals surface area contributed by atoms with Crippen molar-refractivity contribution in [2.75, 3.05) is 0 Å². The largest absolute Gasteiger partial charge is 0.285 e. The normalized spacial score (nSPS) is 22.9. The van der Waals surface area contributed by atoms with Gasteiger partial charge in [-0.3, -0.25) is 10.0 Å². The Morgan fingerprint density at radius 2 is 1.90 bits per heavy atom. The molecule has 1 heterocycles. The summed E-state index contributed by atoms with van der Waals surface area (Å²) in [5.41, 5.74) is 0.646. The Hall–Kier alpha value is -0.830. The number of unbranched alkanes of at least 4 members (excludes halogenated alkanes) is 3. The Balaban J connectivity index is 2.76. The minimum atomic E-state index is -0.456. The Bertz CT molecular complexity index is 362. The number of amides is 1. The Labute approximate surface area is 130 Å². The van der Waals surface area contributed by atoms with E-state index in [-0.39, 0.29) is 5.91 Å². The second kappa shape index (κ2) is 8.57. The lowest BCUT2D eigenvalue weighted by Crippen LogP contribution is -2.51. The fourth-order valence-corrected chi connectivity index (χ4v) is 3.29. The Morgan fingerprint density at radius 1 is 1.24 bits per heavy atom. The van der Waals surface area contributed by atoms with Crippen LogP contribution in [0.3, 0.4) is 0 Å². The average Bonchev–Trinajstić information content (AvgIpc) is 2.40. The van der Waals surface area contributed by atoms with Gasteiger partial charge >= 0.3 is 0 Å². The number of carbonyl (C=O) groups is 1. The van der Waals surface area contributed by atoms with Crippen LogP contribution in [-0.4, -0.2) is 21.7 Å². The number of hydrogen-bond donors (Lipinski definition) is 1. The molecule has 3 heteroatoms. The second-order valence-corrected chi connectivity index (χ2v) is 7.07. The summed E-state index contributed by atoms with van der Waals surface area (Å²) < 4.78 is 0. The van der Waals surface area contributed by atoms with E-state index in [0.717, 1.165) is 42.7 Å². The van der Waals surface area contributed by atoms with E-state index in [1.54, 1.807) is 0 Å². The predicted molar refractivity (Wildman–Crippen MR) is 87.2 cm³/mol. The van der Waals surface area contributed by atoms with Gasteiger partial charge in [-0.05, 0) is 25.7 Å². The number of rotatable bonds is 9. The van der Waals surface area contributed by atoms with Crippen LogP contribution in [0.2, 0.25) is 0 Å². The van der Waals surface area contributed by atoms with Gasteiger partial charge in [0.05, 0.1) is 5.54 Å². The third kappa shape index (κ3) is 5.46. The van der Waals surface area contributed by atoms with Crippen LogP contribution in [0.15, 0.2) is 11.6 Å². The van der Waals surface area contributed by atoms with Crippen LogP contribution in [-0.2, 0) is 4.79 Å². The van der Waals surface area contributed by atoms with Gasteiger partial charge in [0, 0.05) is 6.42 Å². The van der Waals surface area contributed by atoms with Crippen molar-refractivity contribution in [3.8, 4) is 0 Å². The molecule has 3 nitrogen and oxygen atoms in total. The molecule has 0 aromatic rings. The van der Waals surface area contributed by atoms with Crippen LogP contribution in [0, 0.1) is 5.92 Å². The summed E-state index contributed by atoms with van der Waals surface area (Å²) in [6.45, 7) is 8.65. The van der Waals surface area contributed by atoms with E-state index >= 15 is 0 Å². The quantitative estimate of drug-likeness (QED) is 0.365. The molecule has 0 aromatic carbocycles. The van der Waals surface area contributed by atoms with Crippen molar-refractivity contribution in [1.29, 1.82) is 0 Å². The SMILES string of the molecule is CCCCCCC1(CCCC(C)C)C=C(C)CC(=O)N1O. The van der Waals surface area contributed by atoms with Gasteiger partial charge in [-0.25, -0.2) is 5.06 Å². The minimum absolute atomic E-state index is 0.143. The first kappa shape index (κ1) is 18.2. The van der Waals surface area contributed by atoms with E-state index in [2.05, 4.69) is 26.8 Å². The molecule has 0 aromatic heterocycles. The van der Waals surface area contributed by atoms with Gasteiger partial charge in [-0.15, -0.1) is 0 Å². The van der Waals surface area contributed by atoms with Crippen molar-refractivity contribution < 1.29 is 10.0 Å². The molecule has 1 aliphatic rings. The van der Waals surface area contributed by atoms with Gasteiger partial charge in [0.1, 0.15) is 0 Å². The number of carbonyl (C=O) groups excluding carboxylic acids is 1. The van der Waals surface area contributed by atoms with Gasteiger partial charge in [-0.2, -0.15) is 0 Å². The van der Waals surface area contributed by atoms with Gasteiger partial charge in [0.15, 0.2) is 0 Å². The highest BCUT2D eigenvalue weighted by molar-refractivity contribution is 5.80. The summed E-state index contributed by atoms with van der Waals surface area (Å²) in [5.74, 6) is 0.522. The second-order valence-electron chi connectivity index (χ2n) is 7.07. The van der Waals surface area contributed by atoms with Gasteiger partial charge in [0.2, 0.25) is 0 Å². The van der Waals surface area contributed by atoms with Crippen LogP contribution in [0.25, 0.3) is 0 Å². The monoisotopic (exact) mass is 295 g/mol. The first-order chi connectivity index (χ1) is 9.91. The van der Waals surface area contributed by atoms with Crippen molar-refractivity contribution >= 4 is 5.91 Å². The van der Waals surface area contributed by atoms with Crippen molar-refractivity contribution in [3.05, 3.63) is 11.6 Å². The van der Waals surface area contributed by atoms with Crippen molar-refractivity contribution in [2.45, 2.75) is 91.0 Å². The predicted octanol–water partition coefficient (Wildman–Crippen LogP) is 5.09. The average molecular weight is 295 g/mol. The third-order valence-electron chi connectivity index (χ3n) is 4.46. The number of hydroxylamine groups is 2. The van der Waals surface area contributed by atoms with Crippen LogP contribution in [0.5, 0.6) is 0 Å². The Morgan fingerprint density at radius 3 is 2.52 bits per heavy atom. The van der Waals surface area contributed by atoms with Gasteiger partial charge in [-0.1, -0.05) is 70.9 Å². The van der Waals surface area contributed by atoms with E-state index in [1.165, 1.54) is 19.3 Å². The molecule has 1 amide bonds. The topological polar surface area (TPSA) is 40.5 Å². The summed E-state index contributed by atoms with van der Waals surface area (Å²) in [6.07, 6.45) is 11.1. The molecular formula is C18H33NO2. The molecule has 0 fully saturated rings. The standard InChI is InChI=1S/C18H33NO2/c1-5-6-7-8-11-18(12-9-10-15(2)3)14-16(4)13-17(20)19(18)21/h14-15,21H,5-13H2,1-4H3. The molecule has 0 saturated carbocycles. The zero-order valence-electron chi connectivity index (χ0n) is 14.3. The third-order valence-corrected chi connectivity index (χ3v) is 4.46. The lowest BCUT2D eigenvalue weighted by molar-refractivity contribution is -0.191. The zero-order valence-corrected chi connectivity index (χ0v) is 14.3. The van der Waals surface area contributed by atoms with Crippen LogP contribution in [0.1, 0.15) is 85.5 Å². The van der Waals surface area contributed by atoms with Crippen LogP contribution >= 0.6 is 0 Å². The van der Waals surface area contributed by atoms with Crippen LogP contribution < -0.4 is 0 Å². The highest BCUT2D eigenvalue weighted by atomic mass is 16.5. The van der Waals surface area contributed by atoms with Crippen molar-refractivity contribution in [2.24, 2.45) is 5.92 Å². The molecule has 0 radical (unpaired) electrons. The zero-order chi connectivity index (χ0) is 15.9. The smallest absolute Gasteiger partial charge is 0.250 e. The van der Waals surface area contributed by atoms with Gasteiger partial charge < -0.3 is 0 Å². The molecule has 0 aliphatic carbocycles. The van der Waals surface area contributed by atoms with E-state index in [9.17, 15) is 10.0 Å². The van der Waals surface area contributed by atoms with Crippen LogP contribution in [0.4, 0.5) is 0 Å². The maximum atomic E-state index is 12.0. The number of hydrogen-bond acceptors (Lipinski definition) is 2. The molecule has 0 saturated heterocycles. The first-order valence-corrected chi connectivity index (χ1v) is 8.61. The lowest BCUT2D eigenvalue weighted by atomic mass is 9.81. The van der Waals surface area contributed by atoms with E-state index in [1.807, 2.05) is 6.92 Å². The van der Waals surface area contributed by atoms with E-state index in [4.69, 9.17) is 0 Å². The lowest BCUT2D eigenvalue weighted by Gasteiger charge is -2.41. The van der Waals surface area contributed by atoms with Crippen molar-refractivity contribution in [3.63, 3.8) is 0 Å². The molecule has 21 heavy (non-hydrogen) atoms. The molecule has 1 unspecified atom stereocenters. The molecule has 1 atom stereocenters. The molecule has 1 rings (SSSR count). The summed E-state index contributed by atoms with van der Waals surface area (Å²) in [4.78, 5) is 12.0. The highest BCUT2D eigenvalue weighted by Crippen LogP contribution is 2.35. The molecule has 0 bridgehead atoms. The molecule has 1 N–H and O–H groups in total. The maximum absolute atomic E-state index is 12.0. The summed E-state index contributed by atoms with van der Waals surface area (Å²) >= 11 is 0. The highest BCUT2D eigenvalue weighted by Gasteiger charge is 2.39. The first-order valence-electron chi connectivity index (χ1n) is 8.61. The minimum Gasteiger partial charge on any atom is -0.285 e. The Kier molecular flexibility index (Phi) is 7.44. The fraction of sp³-hybridized carbons (Fsp3) is 0.833. The van der Waals surface area contributed by atoms with E-state index in [0.29, 0.717) is 12.3 Å². The molecular weight excluding hydrogens is 262 g/mol. The molecule has 122 valence electrons. The maximum Gasteiger partial charge on any atom is 0.250 e. The summed E-state index contributed by atoms with van der Waals surface area (Å²) in [5, 5.41) is 11.4.